The minimum atomic E-state index is -0.625. The van der Waals surface area contributed by atoms with E-state index < -0.39 is 6.04 Å². The molecule has 122 valence electrons. The zero-order valence-corrected chi connectivity index (χ0v) is 13.2. The van der Waals surface area contributed by atoms with Gasteiger partial charge in [0.25, 0.3) is 0 Å². The molecule has 1 aromatic carbocycles. The topological polar surface area (TPSA) is 82.8 Å². The van der Waals surface area contributed by atoms with Gasteiger partial charge in [-0.05, 0) is 36.8 Å². The van der Waals surface area contributed by atoms with Crippen molar-refractivity contribution < 1.29 is 19.1 Å². The van der Waals surface area contributed by atoms with Gasteiger partial charge in [0.2, 0.25) is 11.8 Å². The number of nitrogens with zero attached hydrogens (tertiary/aromatic N) is 1. The SMILES string of the molecule is CC(=O)NC(C)C(=O)N(Cc1ccc(O)cc1)Cc1ccco1. The molecule has 2 aromatic rings. The van der Waals surface area contributed by atoms with Gasteiger partial charge in [0.05, 0.1) is 12.8 Å². The molecule has 1 unspecified atom stereocenters. The highest BCUT2D eigenvalue weighted by atomic mass is 16.3. The number of carbonyl (C=O) groups is 2. The molecule has 0 aliphatic rings. The van der Waals surface area contributed by atoms with E-state index in [9.17, 15) is 14.7 Å². The van der Waals surface area contributed by atoms with Gasteiger partial charge in [-0.2, -0.15) is 0 Å². The summed E-state index contributed by atoms with van der Waals surface area (Å²) >= 11 is 0. The van der Waals surface area contributed by atoms with Crippen molar-refractivity contribution in [2.45, 2.75) is 33.0 Å². The predicted octanol–water partition coefficient (Wildman–Crippen LogP) is 2.04. The van der Waals surface area contributed by atoms with Gasteiger partial charge in [-0.15, -0.1) is 0 Å². The van der Waals surface area contributed by atoms with Crippen molar-refractivity contribution >= 4 is 11.8 Å². The van der Waals surface area contributed by atoms with Gasteiger partial charge in [0.1, 0.15) is 17.6 Å². The van der Waals surface area contributed by atoms with E-state index in [-0.39, 0.29) is 17.6 Å². The predicted molar refractivity (Wildman–Crippen MR) is 84.3 cm³/mol. The highest BCUT2D eigenvalue weighted by Gasteiger charge is 2.22. The van der Waals surface area contributed by atoms with E-state index in [4.69, 9.17) is 4.42 Å². The number of furan rings is 1. The van der Waals surface area contributed by atoms with Crippen molar-refractivity contribution in [2.24, 2.45) is 0 Å². The Morgan fingerprint density at radius 3 is 2.48 bits per heavy atom. The Morgan fingerprint density at radius 1 is 1.22 bits per heavy atom. The minimum Gasteiger partial charge on any atom is -0.508 e. The second-order valence-corrected chi connectivity index (χ2v) is 5.36. The van der Waals surface area contributed by atoms with Crippen molar-refractivity contribution in [1.29, 1.82) is 0 Å². The number of nitrogens with one attached hydrogen (secondary N) is 1. The van der Waals surface area contributed by atoms with Crippen molar-refractivity contribution in [1.82, 2.24) is 10.2 Å². The van der Waals surface area contributed by atoms with Crippen LogP contribution in [-0.2, 0) is 22.7 Å². The van der Waals surface area contributed by atoms with Crippen molar-refractivity contribution in [2.75, 3.05) is 0 Å². The molecule has 0 spiro atoms. The molecule has 0 bridgehead atoms. The lowest BCUT2D eigenvalue weighted by Crippen LogP contribution is -2.45. The van der Waals surface area contributed by atoms with Crippen LogP contribution in [0.3, 0.4) is 0 Å². The summed E-state index contributed by atoms with van der Waals surface area (Å²) in [4.78, 5) is 25.4. The Morgan fingerprint density at radius 2 is 1.91 bits per heavy atom. The lowest BCUT2D eigenvalue weighted by Gasteiger charge is -2.25. The van der Waals surface area contributed by atoms with E-state index in [2.05, 4.69) is 5.32 Å². The Bertz CT molecular complexity index is 650. The second-order valence-electron chi connectivity index (χ2n) is 5.36. The molecule has 0 aliphatic heterocycles. The number of phenols is 1. The second kappa shape index (κ2) is 7.49. The fraction of sp³-hybridized carbons (Fsp3) is 0.294. The molecule has 0 fully saturated rings. The van der Waals surface area contributed by atoms with Gasteiger partial charge in [0, 0.05) is 13.5 Å². The lowest BCUT2D eigenvalue weighted by molar-refractivity contribution is -0.136. The monoisotopic (exact) mass is 316 g/mol. The zero-order valence-electron chi connectivity index (χ0n) is 13.2. The van der Waals surface area contributed by atoms with Crippen LogP contribution in [0, 0.1) is 0 Å². The highest BCUT2D eigenvalue weighted by Crippen LogP contribution is 2.15. The third-order valence-corrected chi connectivity index (χ3v) is 3.34. The summed E-state index contributed by atoms with van der Waals surface area (Å²) in [6.07, 6.45) is 1.55. The molecule has 23 heavy (non-hydrogen) atoms. The molecule has 6 heteroatoms. The largest absolute Gasteiger partial charge is 0.508 e. The summed E-state index contributed by atoms with van der Waals surface area (Å²) in [5, 5.41) is 11.9. The molecule has 2 rings (SSSR count). The Kier molecular flexibility index (Phi) is 5.41. The number of hydrogen-bond acceptors (Lipinski definition) is 4. The summed E-state index contributed by atoms with van der Waals surface area (Å²) in [5.41, 5.74) is 0.873. The quantitative estimate of drug-likeness (QED) is 0.854. The molecule has 2 N–H and O–H groups in total. The van der Waals surface area contributed by atoms with Crippen LogP contribution in [-0.4, -0.2) is 27.9 Å². The lowest BCUT2D eigenvalue weighted by atomic mass is 10.1. The van der Waals surface area contributed by atoms with Crippen LogP contribution in [0.2, 0.25) is 0 Å². The van der Waals surface area contributed by atoms with Crippen LogP contribution in [0.1, 0.15) is 25.2 Å². The van der Waals surface area contributed by atoms with Crippen molar-refractivity contribution in [3.63, 3.8) is 0 Å². The first kappa shape index (κ1) is 16.6. The number of phenolic OH excluding ortho intramolecular Hbond substituents is 1. The fourth-order valence-corrected chi connectivity index (χ4v) is 2.26. The molecule has 0 aliphatic carbocycles. The van der Waals surface area contributed by atoms with Crippen molar-refractivity contribution in [3.8, 4) is 5.75 Å². The summed E-state index contributed by atoms with van der Waals surface area (Å²) in [5.74, 6) is 0.370. The normalized spacial score (nSPS) is 11.7. The molecule has 1 heterocycles. The van der Waals surface area contributed by atoms with Gasteiger partial charge in [0.15, 0.2) is 0 Å². The molecule has 2 amide bonds. The number of benzene rings is 1. The number of rotatable bonds is 6. The van der Waals surface area contributed by atoms with Crippen molar-refractivity contribution in [3.05, 3.63) is 54.0 Å². The van der Waals surface area contributed by atoms with Crippen LogP contribution >= 0.6 is 0 Å². The van der Waals surface area contributed by atoms with Gasteiger partial charge in [-0.1, -0.05) is 12.1 Å². The van der Waals surface area contributed by atoms with E-state index in [0.717, 1.165) is 5.56 Å². The van der Waals surface area contributed by atoms with E-state index >= 15 is 0 Å². The van der Waals surface area contributed by atoms with Crippen LogP contribution in [0.15, 0.2) is 47.1 Å². The summed E-state index contributed by atoms with van der Waals surface area (Å²) < 4.78 is 5.31. The Balaban J connectivity index is 2.15. The van der Waals surface area contributed by atoms with Gasteiger partial charge < -0.3 is 19.7 Å². The molecule has 0 radical (unpaired) electrons. The maximum atomic E-state index is 12.6. The standard InChI is InChI=1S/C17H20N2O4/c1-12(18-13(2)20)17(22)19(11-16-4-3-9-23-16)10-14-5-7-15(21)8-6-14/h3-9,12,21H,10-11H2,1-2H3,(H,18,20). The molecule has 1 aromatic heterocycles. The summed E-state index contributed by atoms with van der Waals surface area (Å²) in [6, 6.07) is 9.57. The molecule has 0 saturated heterocycles. The summed E-state index contributed by atoms with van der Waals surface area (Å²) in [6.45, 7) is 3.68. The van der Waals surface area contributed by atoms with E-state index in [1.165, 1.54) is 6.92 Å². The highest BCUT2D eigenvalue weighted by molar-refractivity contribution is 5.86. The number of amides is 2. The number of aromatic hydroxyl groups is 1. The van der Waals surface area contributed by atoms with Crippen LogP contribution < -0.4 is 5.32 Å². The summed E-state index contributed by atoms with van der Waals surface area (Å²) in [7, 11) is 0. The van der Waals surface area contributed by atoms with E-state index in [0.29, 0.717) is 18.8 Å². The van der Waals surface area contributed by atoms with Gasteiger partial charge >= 0.3 is 0 Å². The number of carbonyl (C=O) groups excluding carboxylic acids is 2. The Labute approximate surface area is 134 Å². The molecule has 0 saturated carbocycles. The average Bonchev–Trinajstić information content (AvgIpc) is 3.00. The molecular weight excluding hydrogens is 296 g/mol. The fourth-order valence-electron chi connectivity index (χ4n) is 2.26. The maximum absolute atomic E-state index is 12.6. The van der Waals surface area contributed by atoms with Crippen LogP contribution in [0.5, 0.6) is 5.75 Å². The molecule has 6 nitrogen and oxygen atoms in total. The first-order valence-corrected chi connectivity index (χ1v) is 7.32. The molecule has 1 atom stereocenters. The van der Waals surface area contributed by atoms with Crippen LogP contribution in [0.4, 0.5) is 0 Å². The zero-order chi connectivity index (χ0) is 16.8. The van der Waals surface area contributed by atoms with Gasteiger partial charge in [-0.25, -0.2) is 0 Å². The third kappa shape index (κ3) is 4.88. The minimum absolute atomic E-state index is 0.171. The van der Waals surface area contributed by atoms with Gasteiger partial charge in [-0.3, -0.25) is 9.59 Å². The third-order valence-electron chi connectivity index (χ3n) is 3.34. The first-order chi connectivity index (χ1) is 11.0. The number of hydrogen-bond donors (Lipinski definition) is 2. The maximum Gasteiger partial charge on any atom is 0.245 e. The average molecular weight is 316 g/mol. The smallest absolute Gasteiger partial charge is 0.245 e. The Hall–Kier alpha value is -2.76. The van der Waals surface area contributed by atoms with E-state index in [1.54, 1.807) is 54.5 Å². The van der Waals surface area contributed by atoms with Crippen LogP contribution in [0.25, 0.3) is 0 Å². The first-order valence-electron chi connectivity index (χ1n) is 7.32. The molecular formula is C17H20N2O4. The van der Waals surface area contributed by atoms with E-state index in [1.807, 2.05) is 0 Å².